The minimum absolute atomic E-state index is 0.162. The molecule has 0 saturated carbocycles. The number of carbonyl (C=O) groups is 1. The minimum atomic E-state index is -0.855. The summed E-state index contributed by atoms with van der Waals surface area (Å²) in [7, 11) is 3.25. The molecule has 1 N–H and O–H groups in total. The second kappa shape index (κ2) is 5.82. The van der Waals surface area contributed by atoms with Crippen molar-refractivity contribution < 1.29 is 19.4 Å². The van der Waals surface area contributed by atoms with Gasteiger partial charge in [0.25, 0.3) is 0 Å². The second-order valence-electron chi connectivity index (χ2n) is 4.68. The molecular formula is C14H19NO4. The van der Waals surface area contributed by atoms with Gasteiger partial charge in [0.15, 0.2) is 0 Å². The largest absolute Gasteiger partial charge is 0.497 e. The van der Waals surface area contributed by atoms with Gasteiger partial charge < -0.3 is 19.5 Å². The highest BCUT2D eigenvalue weighted by Crippen LogP contribution is 2.35. The fourth-order valence-corrected chi connectivity index (χ4v) is 2.56. The molecule has 2 rings (SSSR count). The van der Waals surface area contributed by atoms with Crippen molar-refractivity contribution in [3.8, 4) is 11.5 Å². The molecule has 1 amide bonds. The number of likely N-dealkylation sites (tertiary alicyclic amines) is 1. The third-order valence-corrected chi connectivity index (χ3v) is 3.57. The fraction of sp³-hybridized carbons (Fsp3) is 0.500. The minimum Gasteiger partial charge on any atom is -0.497 e. The highest BCUT2D eigenvalue weighted by atomic mass is 16.5. The monoisotopic (exact) mass is 265 g/mol. The Kier molecular flexibility index (Phi) is 4.14. The summed E-state index contributed by atoms with van der Waals surface area (Å²) < 4.78 is 10.6. The summed E-state index contributed by atoms with van der Waals surface area (Å²) in [5.74, 6) is 1.72. The maximum atomic E-state index is 11.1. The number of benzene rings is 1. The quantitative estimate of drug-likeness (QED) is 0.912. The number of nitrogens with zero attached hydrogens (tertiary/aromatic N) is 1. The van der Waals surface area contributed by atoms with Gasteiger partial charge in [-0.25, -0.2) is 4.79 Å². The molecule has 0 radical (unpaired) electrons. The van der Waals surface area contributed by atoms with Crippen LogP contribution >= 0.6 is 0 Å². The molecule has 0 aromatic heterocycles. The summed E-state index contributed by atoms with van der Waals surface area (Å²) in [5.41, 5.74) is 1.02. The molecule has 5 nitrogen and oxygen atoms in total. The fourth-order valence-electron chi connectivity index (χ4n) is 2.56. The molecule has 0 bridgehead atoms. The van der Waals surface area contributed by atoms with Crippen LogP contribution in [0.25, 0.3) is 0 Å². The van der Waals surface area contributed by atoms with Gasteiger partial charge >= 0.3 is 6.09 Å². The highest BCUT2D eigenvalue weighted by molar-refractivity contribution is 5.65. The van der Waals surface area contributed by atoms with E-state index in [9.17, 15) is 4.79 Å². The van der Waals surface area contributed by atoms with Crippen LogP contribution in [-0.4, -0.2) is 43.4 Å². The molecule has 1 aromatic rings. The Bertz CT molecular complexity index is 461. The Morgan fingerprint density at radius 3 is 2.79 bits per heavy atom. The van der Waals surface area contributed by atoms with Gasteiger partial charge in [-0.2, -0.15) is 0 Å². The van der Waals surface area contributed by atoms with E-state index >= 15 is 0 Å². The third-order valence-electron chi connectivity index (χ3n) is 3.57. The predicted octanol–water partition coefficient (Wildman–Crippen LogP) is 2.56. The number of amides is 1. The van der Waals surface area contributed by atoms with E-state index in [0.29, 0.717) is 13.1 Å². The molecule has 1 aliphatic rings. The van der Waals surface area contributed by atoms with Crippen molar-refractivity contribution in [2.24, 2.45) is 0 Å². The number of carboxylic acid groups (broad SMARTS) is 1. The van der Waals surface area contributed by atoms with Crippen molar-refractivity contribution in [3.05, 3.63) is 23.8 Å². The Labute approximate surface area is 112 Å². The molecule has 1 saturated heterocycles. The summed E-state index contributed by atoms with van der Waals surface area (Å²) in [6.07, 6.45) is 0.983. The lowest BCUT2D eigenvalue weighted by atomic mass is 9.90. The molecule has 5 heteroatoms. The van der Waals surface area contributed by atoms with Crippen LogP contribution in [0.2, 0.25) is 0 Å². The van der Waals surface area contributed by atoms with Gasteiger partial charge in [0.1, 0.15) is 11.5 Å². The molecule has 1 fully saturated rings. The summed E-state index contributed by atoms with van der Waals surface area (Å²) in [6, 6.07) is 5.66. The van der Waals surface area contributed by atoms with Crippen LogP contribution in [-0.2, 0) is 0 Å². The molecule has 104 valence electrons. The van der Waals surface area contributed by atoms with E-state index in [2.05, 4.69) is 0 Å². The van der Waals surface area contributed by atoms with Crippen molar-refractivity contribution in [1.29, 1.82) is 0 Å². The number of methoxy groups -OCH3 is 2. The van der Waals surface area contributed by atoms with Gasteiger partial charge in [-0.3, -0.25) is 0 Å². The van der Waals surface area contributed by atoms with E-state index in [1.165, 1.54) is 4.90 Å². The van der Waals surface area contributed by atoms with Crippen LogP contribution in [0, 0.1) is 0 Å². The Morgan fingerprint density at radius 2 is 2.16 bits per heavy atom. The van der Waals surface area contributed by atoms with Gasteiger partial charge in [0.2, 0.25) is 0 Å². The SMILES string of the molecule is COc1ccc(OC)c(C2CCCN(C(=O)O)C2)c1. The molecule has 1 heterocycles. The van der Waals surface area contributed by atoms with Gasteiger partial charge in [0, 0.05) is 24.6 Å². The van der Waals surface area contributed by atoms with E-state index in [1.54, 1.807) is 14.2 Å². The molecule has 1 aromatic carbocycles. The maximum absolute atomic E-state index is 11.1. The van der Waals surface area contributed by atoms with E-state index in [0.717, 1.165) is 29.9 Å². The molecule has 1 unspecified atom stereocenters. The average molecular weight is 265 g/mol. The third kappa shape index (κ3) is 2.92. The molecule has 1 atom stereocenters. The molecule has 0 spiro atoms. The van der Waals surface area contributed by atoms with Gasteiger partial charge in [0.05, 0.1) is 14.2 Å². The van der Waals surface area contributed by atoms with Crippen molar-refractivity contribution in [2.75, 3.05) is 27.3 Å². The number of hydrogen-bond acceptors (Lipinski definition) is 3. The molecule has 19 heavy (non-hydrogen) atoms. The number of piperidine rings is 1. The number of rotatable bonds is 3. The maximum Gasteiger partial charge on any atom is 0.407 e. The van der Waals surface area contributed by atoms with E-state index < -0.39 is 6.09 Å². The topological polar surface area (TPSA) is 59.0 Å². The summed E-state index contributed by atoms with van der Waals surface area (Å²) in [5, 5.41) is 9.10. The zero-order chi connectivity index (χ0) is 13.8. The number of hydrogen-bond donors (Lipinski definition) is 1. The van der Waals surface area contributed by atoms with E-state index in [4.69, 9.17) is 14.6 Å². The van der Waals surface area contributed by atoms with Crippen molar-refractivity contribution >= 4 is 6.09 Å². The van der Waals surface area contributed by atoms with Gasteiger partial charge in [-0.05, 0) is 31.0 Å². The van der Waals surface area contributed by atoms with Crippen LogP contribution < -0.4 is 9.47 Å². The van der Waals surface area contributed by atoms with E-state index in [-0.39, 0.29) is 5.92 Å². The first-order valence-corrected chi connectivity index (χ1v) is 6.35. The normalized spacial score (nSPS) is 19.1. The first-order chi connectivity index (χ1) is 9.15. The Balaban J connectivity index is 2.26. The zero-order valence-electron chi connectivity index (χ0n) is 11.3. The average Bonchev–Trinajstić information content (AvgIpc) is 2.46. The van der Waals surface area contributed by atoms with Crippen LogP contribution in [0.5, 0.6) is 11.5 Å². The number of ether oxygens (including phenoxy) is 2. The van der Waals surface area contributed by atoms with Gasteiger partial charge in [-0.1, -0.05) is 0 Å². The highest BCUT2D eigenvalue weighted by Gasteiger charge is 2.26. The smallest absolute Gasteiger partial charge is 0.407 e. The van der Waals surface area contributed by atoms with Crippen LogP contribution in [0.4, 0.5) is 4.79 Å². The standard InChI is InChI=1S/C14H19NO4/c1-18-11-5-6-13(19-2)12(8-11)10-4-3-7-15(9-10)14(16)17/h5-6,8,10H,3-4,7,9H2,1-2H3,(H,16,17). The van der Waals surface area contributed by atoms with Crippen molar-refractivity contribution in [2.45, 2.75) is 18.8 Å². The predicted molar refractivity (Wildman–Crippen MR) is 71.1 cm³/mol. The lowest BCUT2D eigenvalue weighted by Crippen LogP contribution is -2.38. The lowest BCUT2D eigenvalue weighted by Gasteiger charge is -2.31. The first kappa shape index (κ1) is 13.5. The lowest BCUT2D eigenvalue weighted by molar-refractivity contribution is 0.130. The van der Waals surface area contributed by atoms with Crippen LogP contribution in [0.3, 0.4) is 0 Å². The molecule has 1 aliphatic heterocycles. The van der Waals surface area contributed by atoms with Crippen LogP contribution in [0.1, 0.15) is 24.3 Å². The first-order valence-electron chi connectivity index (χ1n) is 6.35. The van der Waals surface area contributed by atoms with Crippen molar-refractivity contribution in [1.82, 2.24) is 4.90 Å². The van der Waals surface area contributed by atoms with Gasteiger partial charge in [-0.15, -0.1) is 0 Å². The summed E-state index contributed by atoms with van der Waals surface area (Å²) >= 11 is 0. The summed E-state index contributed by atoms with van der Waals surface area (Å²) in [4.78, 5) is 12.5. The second-order valence-corrected chi connectivity index (χ2v) is 4.68. The Morgan fingerprint density at radius 1 is 1.37 bits per heavy atom. The molecule has 0 aliphatic carbocycles. The summed E-state index contributed by atoms with van der Waals surface area (Å²) in [6.45, 7) is 1.12. The van der Waals surface area contributed by atoms with Crippen LogP contribution in [0.15, 0.2) is 18.2 Å². The zero-order valence-corrected chi connectivity index (χ0v) is 11.3. The molecular weight excluding hydrogens is 246 g/mol. The Hall–Kier alpha value is -1.91. The van der Waals surface area contributed by atoms with E-state index in [1.807, 2.05) is 18.2 Å². The van der Waals surface area contributed by atoms with Crippen molar-refractivity contribution in [3.63, 3.8) is 0 Å².